The minimum atomic E-state index is -0.641. The standard InChI is InChI=1S/C11H6Cl3N3O3/c12-6-3-8(13)11(9(14)4-6)16-15-5-7-1-2-10(20-7)17(18)19/h1-5,16H/b15-5-. The highest BCUT2D eigenvalue weighted by molar-refractivity contribution is 6.41. The van der Waals surface area contributed by atoms with E-state index >= 15 is 0 Å². The predicted octanol–water partition coefficient (Wildman–Crippen LogP) is 4.59. The zero-order valence-electron chi connectivity index (χ0n) is 9.64. The highest BCUT2D eigenvalue weighted by atomic mass is 35.5. The summed E-state index contributed by atoms with van der Waals surface area (Å²) in [5, 5.41) is 15.3. The summed E-state index contributed by atoms with van der Waals surface area (Å²) in [6.07, 6.45) is 1.26. The summed E-state index contributed by atoms with van der Waals surface area (Å²) in [6, 6.07) is 5.65. The van der Waals surface area contributed by atoms with Crippen LogP contribution in [0.3, 0.4) is 0 Å². The first kappa shape index (κ1) is 14.6. The van der Waals surface area contributed by atoms with Gasteiger partial charge in [0.1, 0.15) is 4.92 Å². The molecule has 0 aliphatic heterocycles. The number of rotatable bonds is 4. The summed E-state index contributed by atoms with van der Waals surface area (Å²) in [5.74, 6) is -0.153. The van der Waals surface area contributed by atoms with Crippen molar-refractivity contribution < 1.29 is 9.34 Å². The van der Waals surface area contributed by atoms with Crippen LogP contribution in [-0.2, 0) is 0 Å². The van der Waals surface area contributed by atoms with Gasteiger partial charge in [-0.1, -0.05) is 34.8 Å². The number of hydrazone groups is 1. The highest BCUT2D eigenvalue weighted by Gasteiger charge is 2.10. The molecule has 0 saturated heterocycles. The molecule has 0 aliphatic carbocycles. The summed E-state index contributed by atoms with van der Waals surface area (Å²) < 4.78 is 4.89. The van der Waals surface area contributed by atoms with Crippen LogP contribution in [0.25, 0.3) is 0 Å². The number of nitro groups is 1. The maximum absolute atomic E-state index is 10.4. The van der Waals surface area contributed by atoms with Crippen LogP contribution in [0.5, 0.6) is 0 Å². The Morgan fingerprint density at radius 2 is 1.90 bits per heavy atom. The summed E-state index contributed by atoms with van der Waals surface area (Å²) in [7, 11) is 0. The average Bonchev–Trinajstić information content (AvgIpc) is 2.81. The zero-order valence-corrected chi connectivity index (χ0v) is 11.9. The van der Waals surface area contributed by atoms with Gasteiger partial charge in [-0.05, 0) is 18.2 Å². The molecule has 0 radical (unpaired) electrons. The third-order valence-electron chi connectivity index (χ3n) is 2.17. The lowest BCUT2D eigenvalue weighted by Gasteiger charge is -2.05. The Hall–Kier alpha value is -1.76. The van der Waals surface area contributed by atoms with Gasteiger partial charge in [-0.25, -0.2) is 0 Å². The van der Waals surface area contributed by atoms with Gasteiger partial charge >= 0.3 is 5.88 Å². The van der Waals surface area contributed by atoms with Gasteiger partial charge in [-0.2, -0.15) is 5.10 Å². The number of hydrogen-bond donors (Lipinski definition) is 1. The molecule has 20 heavy (non-hydrogen) atoms. The minimum Gasteiger partial charge on any atom is -0.400 e. The van der Waals surface area contributed by atoms with Gasteiger partial charge in [0.05, 0.1) is 28.0 Å². The topological polar surface area (TPSA) is 80.7 Å². The van der Waals surface area contributed by atoms with Crippen LogP contribution in [-0.4, -0.2) is 11.1 Å². The lowest BCUT2D eigenvalue weighted by Crippen LogP contribution is -1.92. The SMILES string of the molecule is O=[N+]([O-])c1ccc(/C=N\Nc2c(Cl)cc(Cl)cc2Cl)o1. The molecule has 1 aromatic heterocycles. The number of furan rings is 1. The van der Waals surface area contributed by atoms with Crippen molar-refractivity contribution in [3.63, 3.8) is 0 Å². The van der Waals surface area contributed by atoms with Crippen LogP contribution in [0.1, 0.15) is 5.76 Å². The van der Waals surface area contributed by atoms with E-state index in [0.717, 1.165) is 0 Å². The van der Waals surface area contributed by atoms with Crippen LogP contribution in [0, 0.1) is 10.1 Å². The fourth-order valence-electron chi connectivity index (χ4n) is 1.32. The Bertz CT molecular complexity index is 662. The van der Waals surface area contributed by atoms with Gasteiger partial charge in [-0.15, -0.1) is 0 Å². The molecule has 104 valence electrons. The number of halogens is 3. The van der Waals surface area contributed by atoms with Crippen molar-refractivity contribution in [2.24, 2.45) is 5.10 Å². The molecule has 0 unspecified atom stereocenters. The van der Waals surface area contributed by atoms with Gasteiger partial charge in [0.2, 0.25) is 0 Å². The molecule has 1 N–H and O–H groups in total. The minimum absolute atomic E-state index is 0.213. The summed E-state index contributed by atoms with van der Waals surface area (Å²) in [5.41, 5.74) is 2.98. The maximum Gasteiger partial charge on any atom is 0.433 e. The Labute approximate surface area is 128 Å². The molecule has 0 amide bonds. The number of anilines is 1. The van der Waals surface area contributed by atoms with Crippen LogP contribution < -0.4 is 5.43 Å². The van der Waals surface area contributed by atoms with E-state index in [2.05, 4.69) is 10.5 Å². The molecule has 1 heterocycles. The van der Waals surface area contributed by atoms with Crippen LogP contribution >= 0.6 is 34.8 Å². The molecule has 0 fully saturated rings. The number of hydrogen-bond acceptors (Lipinski definition) is 5. The molecule has 0 spiro atoms. The van der Waals surface area contributed by atoms with Crippen molar-refractivity contribution in [1.29, 1.82) is 0 Å². The molecule has 0 saturated carbocycles. The van der Waals surface area contributed by atoms with E-state index in [9.17, 15) is 10.1 Å². The Morgan fingerprint density at radius 3 is 2.45 bits per heavy atom. The van der Waals surface area contributed by atoms with Gasteiger partial charge < -0.3 is 4.42 Å². The summed E-state index contributed by atoms with van der Waals surface area (Å²) in [6.45, 7) is 0. The van der Waals surface area contributed by atoms with Crippen molar-refractivity contribution in [1.82, 2.24) is 0 Å². The smallest absolute Gasteiger partial charge is 0.400 e. The molecular formula is C11H6Cl3N3O3. The summed E-state index contributed by atoms with van der Waals surface area (Å²) in [4.78, 5) is 9.79. The third-order valence-corrected chi connectivity index (χ3v) is 2.98. The first-order chi connectivity index (χ1) is 9.47. The van der Waals surface area contributed by atoms with E-state index in [-0.39, 0.29) is 11.6 Å². The number of benzene rings is 1. The quantitative estimate of drug-likeness (QED) is 0.503. The van der Waals surface area contributed by atoms with E-state index in [0.29, 0.717) is 20.8 Å². The number of nitrogens with one attached hydrogen (secondary N) is 1. The molecule has 6 nitrogen and oxygen atoms in total. The first-order valence-electron chi connectivity index (χ1n) is 5.15. The predicted molar refractivity (Wildman–Crippen MR) is 78.1 cm³/mol. The van der Waals surface area contributed by atoms with Crippen molar-refractivity contribution in [2.75, 3.05) is 5.43 Å². The van der Waals surface area contributed by atoms with Crippen molar-refractivity contribution in [3.8, 4) is 0 Å². The van der Waals surface area contributed by atoms with Crippen molar-refractivity contribution in [3.05, 3.63) is 55.2 Å². The Morgan fingerprint density at radius 1 is 1.25 bits per heavy atom. The molecule has 2 rings (SSSR count). The fourth-order valence-corrected chi connectivity index (χ4v) is 2.22. The normalized spacial score (nSPS) is 10.9. The van der Waals surface area contributed by atoms with E-state index in [1.54, 1.807) is 0 Å². The lowest BCUT2D eigenvalue weighted by molar-refractivity contribution is -0.402. The van der Waals surface area contributed by atoms with Crippen LogP contribution in [0.2, 0.25) is 15.1 Å². The summed E-state index contributed by atoms with van der Waals surface area (Å²) >= 11 is 17.7. The molecule has 1 aromatic carbocycles. The van der Waals surface area contributed by atoms with Crippen molar-refractivity contribution in [2.45, 2.75) is 0 Å². The zero-order chi connectivity index (χ0) is 14.7. The second-order valence-corrected chi connectivity index (χ2v) is 4.80. The lowest BCUT2D eigenvalue weighted by atomic mass is 10.3. The third kappa shape index (κ3) is 3.41. The second-order valence-electron chi connectivity index (χ2n) is 3.55. The highest BCUT2D eigenvalue weighted by Crippen LogP contribution is 2.33. The molecule has 2 aromatic rings. The Kier molecular flexibility index (Phi) is 4.49. The monoisotopic (exact) mass is 333 g/mol. The van der Waals surface area contributed by atoms with E-state index < -0.39 is 4.92 Å². The van der Waals surface area contributed by atoms with E-state index in [1.807, 2.05) is 0 Å². The van der Waals surface area contributed by atoms with Gasteiger partial charge in [0.15, 0.2) is 5.76 Å². The van der Waals surface area contributed by atoms with Crippen molar-refractivity contribution >= 4 is 52.6 Å². The van der Waals surface area contributed by atoms with Gasteiger partial charge in [-0.3, -0.25) is 15.5 Å². The molecule has 0 bridgehead atoms. The first-order valence-corrected chi connectivity index (χ1v) is 6.28. The number of nitrogens with zero attached hydrogens (tertiary/aromatic N) is 2. The van der Waals surface area contributed by atoms with Gasteiger partial charge in [0.25, 0.3) is 0 Å². The van der Waals surface area contributed by atoms with E-state index in [4.69, 9.17) is 39.2 Å². The Balaban J connectivity index is 2.12. The van der Waals surface area contributed by atoms with E-state index in [1.165, 1.54) is 30.5 Å². The fraction of sp³-hybridized carbons (Fsp3) is 0. The second kappa shape index (κ2) is 6.13. The van der Waals surface area contributed by atoms with Crippen LogP contribution in [0.4, 0.5) is 11.6 Å². The molecule has 0 aliphatic rings. The maximum atomic E-state index is 10.4. The largest absolute Gasteiger partial charge is 0.433 e. The van der Waals surface area contributed by atoms with Crippen LogP contribution in [0.15, 0.2) is 33.8 Å². The molecule has 0 atom stereocenters. The molecule has 9 heteroatoms. The van der Waals surface area contributed by atoms with Gasteiger partial charge in [0, 0.05) is 5.02 Å². The average molecular weight is 335 g/mol. The molecular weight excluding hydrogens is 328 g/mol.